The second kappa shape index (κ2) is 5.23. The van der Waals surface area contributed by atoms with Crippen LogP contribution >= 0.6 is 0 Å². The summed E-state index contributed by atoms with van der Waals surface area (Å²) in [6.45, 7) is 8.75. The van der Waals surface area contributed by atoms with E-state index in [4.69, 9.17) is 4.74 Å². The summed E-state index contributed by atoms with van der Waals surface area (Å²) in [7, 11) is 0. The van der Waals surface area contributed by atoms with Crippen LogP contribution in [0.1, 0.15) is 24.4 Å². The molecule has 0 fully saturated rings. The Balaban J connectivity index is 2.07. The molecule has 2 heterocycles. The standard InChI is InChI=1S/C11H18N4O/c1-3-7-16-8-9-11-10(5-6-12-9)15(4-2)14-13-11/h3,9,12H,1,4-8H2,2H3. The van der Waals surface area contributed by atoms with E-state index in [1.54, 1.807) is 6.08 Å². The summed E-state index contributed by atoms with van der Waals surface area (Å²) in [5, 5.41) is 11.8. The highest BCUT2D eigenvalue weighted by molar-refractivity contribution is 5.18. The molecule has 0 bridgehead atoms. The number of nitrogens with one attached hydrogen (secondary N) is 1. The normalized spacial score (nSPS) is 19.4. The SMILES string of the molecule is C=CCOCC1NCCc2c1nnn2CC. The summed E-state index contributed by atoms with van der Waals surface area (Å²) in [5.74, 6) is 0. The van der Waals surface area contributed by atoms with Crippen molar-refractivity contribution in [2.75, 3.05) is 19.8 Å². The lowest BCUT2D eigenvalue weighted by atomic mass is 10.1. The zero-order valence-corrected chi connectivity index (χ0v) is 9.65. The first kappa shape index (κ1) is 11.3. The number of fused-ring (bicyclic) bond motifs is 1. The maximum atomic E-state index is 5.46. The highest BCUT2D eigenvalue weighted by atomic mass is 16.5. The Morgan fingerprint density at radius 2 is 2.56 bits per heavy atom. The molecule has 0 radical (unpaired) electrons. The van der Waals surface area contributed by atoms with E-state index in [2.05, 4.69) is 29.1 Å². The molecule has 0 aromatic carbocycles. The average molecular weight is 222 g/mol. The molecule has 0 spiro atoms. The molecule has 1 aromatic rings. The minimum atomic E-state index is 0.170. The third-order valence-corrected chi connectivity index (χ3v) is 2.77. The van der Waals surface area contributed by atoms with Gasteiger partial charge in [-0.2, -0.15) is 0 Å². The quantitative estimate of drug-likeness (QED) is 0.588. The van der Waals surface area contributed by atoms with Gasteiger partial charge in [0.15, 0.2) is 0 Å². The summed E-state index contributed by atoms with van der Waals surface area (Å²) >= 11 is 0. The largest absolute Gasteiger partial charge is 0.375 e. The number of ether oxygens (including phenoxy) is 1. The maximum Gasteiger partial charge on any atom is 0.105 e. The monoisotopic (exact) mass is 222 g/mol. The summed E-state index contributed by atoms with van der Waals surface area (Å²) in [5.41, 5.74) is 2.28. The molecule has 1 aliphatic rings. The van der Waals surface area contributed by atoms with Crippen molar-refractivity contribution in [1.29, 1.82) is 0 Å². The summed E-state index contributed by atoms with van der Waals surface area (Å²) in [6.07, 6.45) is 2.75. The smallest absolute Gasteiger partial charge is 0.105 e. The van der Waals surface area contributed by atoms with Gasteiger partial charge in [-0.3, -0.25) is 0 Å². The van der Waals surface area contributed by atoms with Crippen LogP contribution in [0, 0.1) is 0 Å². The van der Waals surface area contributed by atoms with Gasteiger partial charge in [-0.15, -0.1) is 11.7 Å². The molecule has 88 valence electrons. The molecule has 0 saturated carbocycles. The van der Waals surface area contributed by atoms with E-state index in [1.165, 1.54) is 5.69 Å². The van der Waals surface area contributed by atoms with Gasteiger partial charge in [0, 0.05) is 19.5 Å². The molecule has 1 aromatic heterocycles. The Morgan fingerprint density at radius 1 is 1.69 bits per heavy atom. The van der Waals surface area contributed by atoms with Gasteiger partial charge in [-0.25, -0.2) is 4.68 Å². The van der Waals surface area contributed by atoms with Crippen LogP contribution in [-0.4, -0.2) is 34.8 Å². The van der Waals surface area contributed by atoms with E-state index in [9.17, 15) is 0 Å². The number of hydrogen-bond donors (Lipinski definition) is 1. The van der Waals surface area contributed by atoms with Gasteiger partial charge >= 0.3 is 0 Å². The van der Waals surface area contributed by atoms with E-state index in [1.807, 2.05) is 4.68 Å². The lowest BCUT2D eigenvalue weighted by Crippen LogP contribution is -2.33. The highest BCUT2D eigenvalue weighted by Gasteiger charge is 2.25. The zero-order valence-electron chi connectivity index (χ0n) is 9.65. The number of rotatable bonds is 5. The molecule has 0 aliphatic carbocycles. The molecule has 2 rings (SSSR count). The predicted molar refractivity (Wildman–Crippen MR) is 61.2 cm³/mol. The van der Waals surface area contributed by atoms with E-state index in [0.717, 1.165) is 25.2 Å². The fourth-order valence-corrected chi connectivity index (χ4v) is 2.00. The van der Waals surface area contributed by atoms with Crippen molar-refractivity contribution in [3.05, 3.63) is 24.0 Å². The van der Waals surface area contributed by atoms with Crippen molar-refractivity contribution in [2.24, 2.45) is 0 Å². The first-order valence-corrected chi connectivity index (χ1v) is 5.71. The van der Waals surface area contributed by atoms with Crippen LogP contribution in [0.5, 0.6) is 0 Å². The Bertz CT molecular complexity index is 361. The third kappa shape index (κ3) is 2.15. The maximum absolute atomic E-state index is 5.46. The van der Waals surface area contributed by atoms with Crippen molar-refractivity contribution >= 4 is 0 Å². The number of nitrogens with zero attached hydrogens (tertiary/aromatic N) is 3. The van der Waals surface area contributed by atoms with Crippen LogP contribution in [-0.2, 0) is 17.7 Å². The van der Waals surface area contributed by atoms with E-state index in [0.29, 0.717) is 13.2 Å². The molecule has 0 saturated heterocycles. The fourth-order valence-electron chi connectivity index (χ4n) is 2.00. The lowest BCUT2D eigenvalue weighted by Gasteiger charge is -2.22. The Kier molecular flexibility index (Phi) is 3.69. The molecule has 1 aliphatic heterocycles. The fraction of sp³-hybridized carbons (Fsp3) is 0.636. The Hall–Kier alpha value is -1.20. The summed E-state index contributed by atoms with van der Waals surface area (Å²) < 4.78 is 7.43. The summed E-state index contributed by atoms with van der Waals surface area (Å²) in [4.78, 5) is 0. The van der Waals surface area contributed by atoms with Crippen molar-refractivity contribution in [1.82, 2.24) is 20.3 Å². The van der Waals surface area contributed by atoms with Gasteiger partial charge in [0.05, 0.1) is 24.9 Å². The molecule has 5 heteroatoms. The minimum absolute atomic E-state index is 0.170. The van der Waals surface area contributed by atoms with Crippen LogP contribution in [0.3, 0.4) is 0 Å². The third-order valence-electron chi connectivity index (χ3n) is 2.77. The lowest BCUT2D eigenvalue weighted by molar-refractivity contribution is 0.132. The van der Waals surface area contributed by atoms with Gasteiger partial charge < -0.3 is 10.1 Å². The zero-order chi connectivity index (χ0) is 11.4. The molecule has 1 N–H and O–H groups in total. The number of aryl methyl sites for hydroxylation is 1. The molecule has 16 heavy (non-hydrogen) atoms. The molecule has 5 nitrogen and oxygen atoms in total. The van der Waals surface area contributed by atoms with Gasteiger partial charge in [-0.1, -0.05) is 11.3 Å². The predicted octanol–water partition coefficient (Wildman–Crippen LogP) is 0.687. The van der Waals surface area contributed by atoms with Crippen LogP contribution < -0.4 is 5.32 Å². The second-order valence-electron chi connectivity index (χ2n) is 3.82. The topological polar surface area (TPSA) is 52.0 Å². The average Bonchev–Trinajstić information content (AvgIpc) is 2.73. The summed E-state index contributed by atoms with van der Waals surface area (Å²) in [6, 6.07) is 0.170. The van der Waals surface area contributed by atoms with Crippen molar-refractivity contribution in [3.63, 3.8) is 0 Å². The highest BCUT2D eigenvalue weighted by Crippen LogP contribution is 2.20. The first-order valence-electron chi connectivity index (χ1n) is 5.71. The van der Waals surface area contributed by atoms with Crippen molar-refractivity contribution < 1.29 is 4.74 Å². The Labute approximate surface area is 95.5 Å². The molecule has 0 amide bonds. The molecule has 1 unspecified atom stereocenters. The molecular formula is C11H18N4O. The van der Waals surface area contributed by atoms with Gasteiger partial charge in [-0.05, 0) is 6.92 Å². The van der Waals surface area contributed by atoms with Gasteiger partial charge in [0.2, 0.25) is 0 Å². The van der Waals surface area contributed by atoms with Crippen LogP contribution in [0.2, 0.25) is 0 Å². The Morgan fingerprint density at radius 3 is 3.31 bits per heavy atom. The number of aromatic nitrogens is 3. The first-order chi connectivity index (χ1) is 7.86. The molecular weight excluding hydrogens is 204 g/mol. The van der Waals surface area contributed by atoms with Gasteiger partial charge in [0.1, 0.15) is 5.69 Å². The molecule has 1 atom stereocenters. The van der Waals surface area contributed by atoms with Gasteiger partial charge in [0.25, 0.3) is 0 Å². The van der Waals surface area contributed by atoms with Crippen LogP contribution in [0.15, 0.2) is 12.7 Å². The van der Waals surface area contributed by atoms with Crippen LogP contribution in [0.4, 0.5) is 0 Å². The van der Waals surface area contributed by atoms with Crippen LogP contribution in [0.25, 0.3) is 0 Å². The van der Waals surface area contributed by atoms with E-state index in [-0.39, 0.29) is 6.04 Å². The second-order valence-corrected chi connectivity index (χ2v) is 3.82. The number of hydrogen-bond acceptors (Lipinski definition) is 4. The van der Waals surface area contributed by atoms with E-state index >= 15 is 0 Å². The van der Waals surface area contributed by atoms with Crippen molar-refractivity contribution in [3.8, 4) is 0 Å². The van der Waals surface area contributed by atoms with Crippen molar-refractivity contribution in [2.45, 2.75) is 25.9 Å². The van der Waals surface area contributed by atoms with E-state index < -0.39 is 0 Å². The minimum Gasteiger partial charge on any atom is -0.375 e.